The van der Waals surface area contributed by atoms with Gasteiger partial charge in [-0.2, -0.15) is 0 Å². The van der Waals surface area contributed by atoms with Crippen LogP contribution in [0.25, 0.3) is 0 Å². The molecule has 2 saturated heterocycles. The van der Waals surface area contributed by atoms with Crippen LogP contribution in [-0.4, -0.2) is 67.6 Å². The fraction of sp³-hybridized carbons (Fsp3) is 0.611. The van der Waals surface area contributed by atoms with E-state index < -0.39 is 0 Å². The van der Waals surface area contributed by atoms with Crippen molar-refractivity contribution in [3.05, 3.63) is 29.3 Å². The van der Waals surface area contributed by atoms with Crippen molar-refractivity contribution < 1.29 is 4.79 Å². The van der Waals surface area contributed by atoms with Crippen molar-refractivity contribution in [1.29, 1.82) is 0 Å². The maximum absolute atomic E-state index is 12.3. The smallest absolute Gasteiger partial charge is 0.238 e. The number of hydrogen-bond acceptors (Lipinski definition) is 4. The van der Waals surface area contributed by atoms with E-state index in [2.05, 4.69) is 40.3 Å². The predicted molar refractivity (Wildman–Crippen MR) is 101 cm³/mol. The number of piperazine rings is 1. The lowest BCUT2D eigenvalue weighted by Gasteiger charge is -2.37. The van der Waals surface area contributed by atoms with Gasteiger partial charge in [-0.3, -0.25) is 14.6 Å². The molecule has 0 aliphatic carbocycles. The van der Waals surface area contributed by atoms with Gasteiger partial charge in [-0.1, -0.05) is 12.1 Å². The Balaban J connectivity index is 0.00000208. The highest BCUT2D eigenvalue weighted by Gasteiger charge is 2.26. The summed E-state index contributed by atoms with van der Waals surface area (Å²) in [5.74, 6) is 0.0923. The lowest BCUT2D eigenvalue weighted by molar-refractivity contribution is -0.117. The minimum atomic E-state index is 0. The van der Waals surface area contributed by atoms with Gasteiger partial charge in [0.1, 0.15) is 0 Å². The zero-order chi connectivity index (χ0) is 16.2. The summed E-state index contributed by atoms with van der Waals surface area (Å²) in [6.45, 7) is 11.0. The number of nitrogens with one attached hydrogen (secondary N) is 2. The first-order chi connectivity index (χ1) is 11.1. The van der Waals surface area contributed by atoms with Crippen LogP contribution < -0.4 is 10.6 Å². The summed E-state index contributed by atoms with van der Waals surface area (Å²) in [7, 11) is 0. The number of rotatable bonds is 4. The Morgan fingerprint density at radius 3 is 2.67 bits per heavy atom. The van der Waals surface area contributed by atoms with Crippen LogP contribution in [0, 0.1) is 13.8 Å². The number of carbonyl (C=O) groups excluding carboxylic acids is 1. The minimum absolute atomic E-state index is 0. The standard InChI is InChI=1S/C18H28N4O.ClH/c1-14-4-3-5-17(15(14)2)20-18(23)13-21-8-10-22(11-9-21)16-6-7-19-12-16;/h3-5,16,19H,6-13H2,1-2H3,(H,20,23);1H. The van der Waals surface area contributed by atoms with Crippen molar-refractivity contribution in [2.75, 3.05) is 51.1 Å². The van der Waals surface area contributed by atoms with E-state index in [0.717, 1.165) is 50.5 Å². The Kier molecular flexibility index (Phi) is 7.04. The zero-order valence-electron chi connectivity index (χ0n) is 14.7. The summed E-state index contributed by atoms with van der Waals surface area (Å²) < 4.78 is 0. The van der Waals surface area contributed by atoms with Crippen LogP contribution in [0.2, 0.25) is 0 Å². The molecule has 0 spiro atoms. The van der Waals surface area contributed by atoms with Gasteiger partial charge in [0.2, 0.25) is 5.91 Å². The van der Waals surface area contributed by atoms with Crippen LogP contribution in [0.3, 0.4) is 0 Å². The van der Waals surface area contributed by atoms with E-state index >= 15 is 0 Å². The molecule has 2 aliphatic rings. The number of benzene rings is 1. The lowest BCUT2D eigenvalue weighted by atomic mass is 10.1. The highest BCUT2D eigenvalue weighted by molar-refractivity contribution is 5.93. The Morgan fingerprint density at radius 2 is 2.00 bits per heavy atom. The average molecular weight is 353 g/mol. The monoisotopic (exact) mass is 352 g/mol. The first-order valence-electron chi connectivity index (χ1n) is 8.66. The SMILES string of the molecule is Cc1cccc(NC(=O)CN2CCN(C3CCNC3)CC2)c1C.Cl. The number of aryl methyl sites for hydroxylation is 1. The number of hydrogen-bond donors (Lipinski definition) is 2. The molecule has 2 heterocycles. The Labute approximate surface area is 151 Å². The maximum Gasteiger partial charge on any atom is 0.238 e. The molecular weight excluding hydrogens is 324 g/mol. The van der Waals surface area contributed by atoms with Gasteiger partial charge in [-0.05, 0) is 44.0 Å². The van der Waals surface area contributed by atoms with Crippen LogP contribution in [0.1, 0.15) is 17.5 Å². The zero-order valence-corrected chi connectivity index (χ0v) is 15.5. The number of amides is 1. The Hall–Kier alpha value is -1.14. The van der Waals surface area contributed by atoms with Crippen LogP contribution >= 0.6 is 12.4 Å². The van der Waals surface area contributed by atoms with Gasteiger partial charge in [0.05, 0.1) is 6.54 Å². The van der Waals surface area contributed by atoms with E-state index in [9.17, 15) is 4.79 Å². The summed E-state index contributed by atoms with van der Waals surface area (Å²) in [5, 5.41) is 6.49. The molecule has 1 amide bonds. The lowest BCUT2D eigenvalue weighted by Crippen LogP contribution is -2.52. The maximum atomic E-state index is 12.3. The molecule has 1 unspecified atom stereocenters. The molecule has 1 aromatic rings. The second kappa shape index (κ2) is 8.81. The molecule has 1 atom stereocenters. The second-order valence-corrected chi connectivity index (χ2v) is 6.75. The normalized spacial score (nSPS) is 22.2. The van der Waals surface area contributed by atoms with Gasteiger partial charge in [-0.15, -0.1) is 12.4 Å². The van der Waals surface area contributed by atoms with E-state index in [1.807, 2.05) is 12.1 Å². The van der Waals surface area contributed by atoms with Crippen molar-refractivity contribution in [2.24, 2.45) is 0 Å². The average Bonchev–Trinajstić information content (AvgIpc) is 3.07. The second-order valence-electron chi connectivity index (χ2n) is 6.75. The Bertz CT molecular complexity index is 552. The molecule has 2 fully saturated rings. The largest absolute Gasteiger partial charge is 0.325 e. The van der Waals surface area contributed by atoms with Gasteiger partial charge in [0.25, 0.3) is 0 Å². The summed E-state index contributed by atoms with van der Waals surface area (Å²) in [4.78, 5) is 17.1. The molecule has 0 saturated carbocycles. The van der Waals surface area contributed by atoms with E-state index in [4.69, 9.17) is 0 Å². The fourth-order valence-electron chi connectivity index (χ4n) is 3.52. The number of nitrogens with zero attached hydrogens (tertiary/aromatic N) is 2. The first kappa shape index (κ1) is 19.2. The van der Waals surface area contributed by atoms with Crippen molar-refractivity contribution in [3.8, 4) is 0 Å². The van der Waals surface area contributed by atoms with Gasteiger partial charge in [0.15, 0.2) is 0 Å². The van der Waals surface area contributed by atoms with E-state index in [1.54, 1.807) is 0 Å². The van der Waals surface area contributed by atoms with Crippen LogP contribution in [0.5, 0.6) is 0 Å². The molecule has 5 nitrogen and oxygen atoms in total. The van der Waals surface area contributed by atoms with Crippen LogP contribution in [-0.2, 0) is 4.79 Å². The van der Waals surface area contributed by atoms with Crippen LogP contribution in [0.15, 0.2) is 18.2 Å². The molecule has 0 aromatic heterocycles. The van der Waals surface area contributed by atoms with Crippen molar-refractivity contribution in [1.82, 2.24) is 15.1 Å². The van der Waals surface area contributed by atoms with Crippen molar-refractivity contribution in [2.45, 2.75) is 26.3 Å². The molecule has 3 rings (SSSR count). The predicted octanol–water partition coefficient (Wildman–Crippen LogP) is 1.64. The summed E-state index contributed by atoms with van der Waals surface area (Å²) in [6.07, 6.45) is 1.26. The van der Waals surface area contributed by atoms with E-state index in [0.29, 0.717) is 12.6 Å². The third kappa shape index (κ3) is 4.70. The quantitative estimate of drug-likeness (QED) is 0.865. The third-order valence-corrected chi connectivity index (χ3v) is 5.20. The van der Waals surface area contributed by atoms with Crippen molar-refractivity contribution in [3.63, 3.8) is 0 Å². The van der Waals surface area contributed by atoms with E-state index in [1.165, 1.54) is 12.0 Å². The van der Waals surface area contributed by atoms with Crippen LogP contribution in [0.4, 0.5) is 5.69 Å². The molecule has 1 aromatic carbocycles. The van der Waals surface area contributed by atoms with Crippen molar-refractivity contribution >= 4 is 24.0 Å². The molecule has 2 N–H and O–H groups in total. The van der Waals surface area contributed by atoms with Gasteiger partial charge >= 0.3 is 0 Å². The molecule has 6 heteroatoms. The van der Waals surface area contributed by atoms with E-state index in [-0.39, 0.29) is 18.3 Å². The third-order valence-electron chi connectivity index (χ3n) is 5.20. The molecule has 134 valence electrons. The molecule has 0 radical (unpaired) electrons. The molecule has 0 bridgehead atoms. The fourth-order valence-corrected chi connectivity index (χ4v) is 3.52. The molecule has 2 aliphatic heterocycles. The first-order valence-corrected chi connectivity index (χ1v) is 8.66. The Morgan fingerprint density at radius 1 is 1.25 bits per heavy atom. The topological polar surface area (TPSA) is 47.6 Å². The number of anilines is 1. The summed E-state index contributed by atoms with van der Waals surface area (Å²) >= 11 is 0. The van der Waals surface area contributed by atoms with Gasteiger partial charge < -0.3 is 10.6 Å². The minimum Gasteiger partial charge on any atom is -0.325 e. The number of halogens is 1. The van der Waals surface area contributed by atoms with Gasteiger partial charge in [0, 0.05) is 44.5 Å². The summed E-state index contributed by atoms with van der Waals surface area (Å²) in [5.41, 5.74) is 3.30. The number of carbonyl (C=O) groups is 1. The molecular formula is C18H29ClN4O. The highest BCUT2D eigenvalue weighted by Crippen LogP contribution is 2.18. The molecule has 24 heavy (non-hydrogen) atoms. The van der Waals surface area contributed by atoms with Gasteiger partial charge in [-0.25, -0.2) is 0 Å². The summed E-state index contributed by atoms with van der Waals surface area (Å²) in [6, 6.07) is 6.74. The highest BCUT2D eigenvalue weighted by atomic mass is 35.5.